The summed E-state index contributed by atoms with van der Waals surface area (Å²) < 4.78 is 50.9. The van der Waals surface area contributed by atoms with Gasteiger partial charge in [-0.3, -0.25) is 14.4 Å². The van der Waals surface area contributed by atoms with Gasteiger partial charge in [0.2, 0.25) is 0 Å². The number of ether oxygens (including phenoxy) is 8. The van der Waals surface area contributed by atoms with Gasteiger partial charge in [0.25, 0.3) is 0 Å². The van der Waals surface area contributed by atoms with Gasteiger partial charge < -0.3 is 58.3 Å². The van der Waals surface area contributed by atoms with Crippen LogP contribution in [0.2, 0.25) is 0 Å². The first kappa shape index (κ1) is 52.3. The average Bonchev–Trinajstić information content (AvgIpc) is 3.18. The van der Waals surface area contributed by atoms with Gasteiger partial charge in [0.15, 0.2) is 18.7 Å². The Kier molecular flexibility index (Phi) is 19.2. The van der Waals surface area contributed by atoms with Crippen LogP contribution in [0.25, 0.3) is 0 Å². The number of esters is 2. The Morgan fingerprint density at radius 2 is 1.58 bits per heavy atom. The summed E-state index contributed by atoms with van der Waals surface area (Å²) in [6, 6.07) is -0.283. The fraction of sp³-hybridized carbons (Fsp3) is 0.889. The summed E-state index contributed by atoms with van der Waals surface area (Å²) in [5, 5.41) is 27.5. The van der Waals surface area contributed by atoms with Crippen LogP contribution in [-0.4, -0.2) is 152 Å². The largest absolute Gasteiger partial charge is 0.459 e. The number of cyclic esters (lactones) is 1. The highest BCUT2D eigenvalue weighted by Crippen LogP contribution is 2.43. The molecule has 0 radical (unpaired) electrons. The third-order valence-electron chi connectivity index (χ3n) is 13.7. The summed E-state index contributed by atoms with van der Waals surface area (Å²) >= 11 is 0. The molecule has 2 unspecified atom stereocenters. The van der Waals surface area contributed by atoms with Crippen LogP contribution in [0.4, 0.5) is 0 Å². The number of ketones is 1. The lowest BCUT2D eigenvalue weighted by Crippen LogP contribution is -2.61. The van der Waals surface area contributed by atoms with Gasteiger partial charge in [-0.25, -0.2) is 0 Å². The second-order valence-electron chi connectivity index (χ2n) is 18.7. The molecule has 0 aromatic rings. The van der Waals surface area contributed by atoms with Crippen molar-refractivity contribution < 1.29 is 62.5 Å². The first-order valence-electron chi connectivity index (χ1n) is 21.9. The van der Waals surface area contributed by atoms with E-state index in [4.69, 9.17) is 37.9 Å². The van der Waals surface area contributed by atoms with E-state index in [0.29, 0.717) is 25.9 Å². The molecule has 0 amide bonds. The lowest BCUT2D eigenvalue weighted by atomic mass is 9.69. The average molecular weight is 857 g/mol. The zero-order valence-electron chi connectivity index (χ0n) is 39.2. The van der Waals surface area contributed by atoms with E-state index in [9.17, 15) is 24.6 Å². The van der Waals surface area contributed by atoms with Gasteiger partial charge in [0.1, 0.15) is 29.2 Å². The van der Waals surface area contributed by atoms with Crippen molar-refractivity contribution >= 4 is 17.7 Å². The normalized spacial score (nSPS) is 43.9. The number of rotatable bonds is 14. The standard InChI is InChI=1S/C45H80N2O13/c1-17-20-46-21-19-32-27(5)36(49)25(3)23-43(10,53-15)39(60-42-37(50)33(47(13)14)22-26(4)55-42)28(6)38(29(7)41(51)58-34(18-2)45(32,12)52)59-35-24-44(11,54-16)40(30(8)56-35)57-31(9)48/h17,25-30,32-35,37-40,42,46,50,52H,1,18-24H2,2-16H3/t25-,26-,27?,28+,29-,30+,32-,33+,34-,35?,37-,38+,39-,40+,42+,43-,44-,45+/m1/s1. The zero-order valence-corrected chi connectivity index (χ0v) is 39.2. The Morgan fingerprint density at radius 3 is 2.13 bits per heavy atom. The maximum absolute atomic E-state index is 14.6. The van der Waals surface area contributed by atoms with Gasteiger partial charge in [-0.05, 0) is 87.9 Å². The number of Topliss-reactive ketones (excluding diaryl/α,β-unsaturated/α-hetero) is 1. The number of likely N-dealkylation sites (N-methyl/N-ethyl adjacent to an activating group) is 1. The second kappa shape index (κ2) is 22.0. The van der Waals surface area contributed by atoms with Gasteiger partial charge in [-0.2, -0.15) is 0 Å². The van der Waals surface area contributed by atoms with Crippen molar-refractivity contribution in [2.24, 2.45) is 29.6 Å². The maximum atomic E-state index is 14.6. The number of hydrogen-bond acceptors (Lipinski definition) is 15. The molecule has 3 aliphatic rings. The molecule has 0 aromatic carbocycles. The molecule has 0 saturated carbocycles. The van der Waals surface area contributed by atoms with E-state index in [1.54, 1.807) is 34.0 Å². The summed E-state index contributed by atoms with van der Waals surface area (Å²) in [4.78, 5) is 43.4. The van der Waals surface area contributed by atoms with Crippen molar-refractivity contribution in [2.75, 3.05) is 41.4 Å². The number of nitrogens with one attached hydrogen (secondary N) is 1. The Hall–Kier alpha value is -2.05. The Bertz CT molecular complexity index is 1410. The van der Waals surface area contributed by atoms with Crippen molar-refractivity contribution in [1.29, 1.82) is 0 Å². The molecule has 0 bridgehead atoms. The van der Waals surface area contributed by atoms with Crippen LogP contribution < -0.4 is 5.32 Å². The van der Waals surface area contributed by atoms with Gasteiger partial charge >= 0.3 is 11.9 Å². The summed E-state index contributed by atoms with van der Waals surface area (Å²) in [5.41, 5.74) is -3.84. The Morgan fingerprint density at radius 1 is 0.967 bits per heavy atom. The number of methoxy groups -OCH3 is 2. The van der Waals surface area contributed by atoms with Crippen LogP contribution in [0.15, 0.2) is 12.7 Å². The minimum absolute atomic E-state index is 0.0842. The molecule has 18 atom stereocenters. The molecule has 3 heterocycles. The number of nitrogens with zero attached hydrogens (tertiary/aromatic N) is 1. The molecular weight excluding hydrogens is 776 g/mol. The lowest BCUT2D eigenvalue weighted by molar-refractivity contribution is -0.320. The number of carbonyl (C=O) groups is 3. The van der Waals surface area contributed by atoms with Crippen LogP contribution in [0, 0.1) is 29.6 Å². The van der Waals surface area contributed by atoms with Gasteiger partial charge in [-0.1, -0.05) is 33.8 Å². The molecule has 3 N–H and O–H groups in total. The Balaban J connectivity index is 2.25. The third kappa shape index (κ3) is 12.1. The van der Waals surface area contributed by atoms with Crippen LogP contribution >= 0.6 is 0 Å². The third-order valence-corrected chi connectivity index (χ3v) is 13.7. The van der Waals surface area contributed by atoms with Crippen LogP contribution in [-0.2, 0) is 52.3 Å². The van der Waals surface area contributed by atoms with E-state index in [1.807, 2.05) is 67.5 Å². The van der Waals surface area contributed by atoms with Crippen LogP contribution in [0.3, 0.4) is 0 Å². The minimum Gasteiger partial charge on any atom is -0.459 e. The predicted octanol–water partition coefficient (Wildman–Crippen LogP) is 4.43. The van der Waals surface area contributed by atoms with Crippen molar-refractivity contribution in [3.05, 3.63) is 12.7 Å². The highest BCUT2D eigenvalue weighted by atomic mass is 16.7. The fourth-order valence-electron chi connectivity index (χ4n) is 10.1. The lowest BCUT2D eigenvalue weighted by Gasteiger charge is -2.50. The number of hydrogen-bond donors (Lipinski definition) is 3. The number of aliphatic hydroxyl groups excluding tert-OH is 1. The summed E-state index contributed by atoms with van der Waals surface area (Å²) in [5.74, 6) is -4.71. The summed E-state index contributed by atoms with van der Waals surface area (Å²) in [7, 11) is 6.88. The van der Waals surface area contributed by atoms with Crippen LogP contribution in [0.1, 0.15) is 108 Å². The van der Waals surface area contributed by atoms with Crippen molar-refractivity contribution in [3.63, 3.8) is 0 Å². The van der Waals surface area contributed by atoms with Crippen LogP contribution in [0.5, 0.6) is 0 Å². The molecule has 3 saturated heterocycles. The molecule has 15 nitrogen and oxygen atoms in total. The topological polar surface area (TPSA) is 181 Å². The molecular formula is C45H80N2O13. The molecule has 348 valence electrons. The highest BCUT2D eigenvalue weighted by Gasteiger charge is 2.54. The predicted molar refractivity (Wildman–Crippen MR) is 226 cm³/mol. The van der Waals surface area contributed by atoms with Gasteiger partial charge in [0, 0.05) is 63.8 Å². The van der Waals surface area contributed by atoms with Gasteiger partial charge in [-0.15, -0.1) is 6.58 Å². The van der Waals surface area contributed by atoms with Crippen molar-refractivity contribution in [1.82, 2.24) is 10.2 Å². The van der Waals surface area contributed by atoms with Gasteiger partial charge in [0.05, 0.1) is 35.9 Å². The molecule has 0 aliphatic carbocycles. The monoisotopic (exact) mass is 857 g/mol. The number of aliphatic hydroxyl groups is 2. The molecule has 15 heteroatoms. The second-order valence-corrected chi connectivity index (χ2v) is 18.7. The number of carbonyl (C=O) groups excluding carboxylic acids is 3. The first-order valence-corrected chi connectivity index (χ1v) is 21.9. The molecule has 3 aliphatic heterocycles. The summed E-state index contributed by atoms with van der Waals surface area (Å²) in [6.45, 7) is 24.3. The smallest absolute Gasteiger partial charge is 0.311 e. The molecule has 0 aromatic heterocycles. The molecule has 0 spiro atoms. The van der Waals surface area contributed by atoms with E-state index in [1.165, 1.54) is 14.0 Å². The molecule has 3 fully saturated rings. The fourth-order valence-corrected chi connectivity index (χ4v) is 10.1. The van der Waals surface area contributed by atoms with Crippen molar-refractivity contribution in [2.45, 2.75) is 186 Å². The van der Waals surface area contributed by atoms with E-state index >= 15 is 0 Å². The van der Waals surface area contributed by atoms with E-state index in [-0.39, 0.29) is 37.2 Å². The minimum atomic E-state index is -1.60. The van der Waals surface area contributed by atoms with Crippen molar-refractivity contribution in [3.8, 4) is 0 Å². The first-order chi connectivity index (χ1) is 27.9. The Labute approximate surface area is 359 Å². The highest BCUT2D eigenvalue weighted by molar-refractivity contribution is 5.83. The summed E-state index contributed by atoms with van der Waals surface area (Å²) in [6.07, 6.45) is -4.36. The zero-order chi connectivity index (χ0) is 45.5. The van der Waals surface area contributed by atoms with E-state index in [2.05, 4.69) is 11.9 Å². The maximum Gasteiger partial charge on any atom is 0.311 e. The van der Waals surface area contributed by atoms with E-state index in [0.717, 1.165) is 0 Å². The SMILES string of the molecule is C=CCNCC[C@@H]1C(C)C(=O)[C@H](C)C[C@@](C)(OC)[C@H](O[C@@H]2O[C@H](C)C[C@H](N(C)C)[C@H]2O)[C@@H](C)[C@H](OC2C[C@@](C)(OC)[C@@H](OC(C)=O)[C@H](C)O2)[C@@H](C)C(=O)O[C@H](CC)[C@@]1(C)O. The molecule has 60 heavy (non-hydrogen) atoms. The molecule has 3 rings (SSSR count). The quantitative estimate of drug-likeness (QED) is 0.127. The van der Waals surface area contributed by atoms with E-state index < -0.39 is 108 Å².